The van der Waals surface area contributed by atoms with E-state index < -0.39 is 6.10 Å². The fourth-order valence-corrected chi connectivity index (χ4v) is 2.43. The number of nitrogens with one attached hydrogen (secondary N) is 1. The molecule has 2 atom stereocenters. The second-order valence-electron chi connectivity index (χ2n) is 4.72. The molecule has 6 heteroatoms. The lowest BCUT2D eigenvalue weighted by Crippen LogP contribution is -2.40. The first kappa shape index (κ1) is 15.4. The Morgan fingerprint density at radius 3 is 3.00 bits per heavy atom. The van der Waals surface area contributed by atoms with Crippen LogP contribution in [0, 0.1) is 0 Å². The molecule has 0 spiro atoms. The lowest BCUT2D eigenvalue weighted by Gasteiger charge is -2.17. The van der Waals surface area contributed by atoms with E-state index in [-0.39, 0.29) is 12.0 Å². The molecule has 0 saturated carbocycles. The van der Waals surface area contributed by atoms with Crippen LogP contribution in [-0.2, 0) is 9.53 Å². The Labute approximate surface area is 128 Å². The minimum absolute atomic E-state index is 0.116. The summed E-state index contributed by atoms with van der Waals surface area (Å²) in [5, 5.41) is 3.73. The maximum absolute atomic E-state index is 11.9. The Hall–Kier alpha value is -0.970. The van der Waals surface area contributed by atoms with Crippen LogP contribution in [0.5, 0.6) is 5.75 Å². The maximum atomic E-state index is 11.9. The molecule has 110 valence electrons. The van der Waals surface area contributed by atoms with Crippen LogP contribution in [0.25, 0.3) is 0 Å². The summed E-state index contributed by atoms with van der Waals surface area (Å²) < 4.78 is 11.0. The zero-order valence-electron chi connectivity index (χ0n) is 11.2. The molecule has 1 aromatic carbocycles. The van der Waals surface area contributed by atoms with Gasteiger partial charge in [-0.3, -0.25) is 4.79 Å². The second-order valence-corrected chi connectivity index (χ2v) is 5.56. The number of halogens is 2. The van der Waals surface area contributed by atoms with Crippen molar-refractivity contribution in [1.82, 2.24) is 5.32 Å². The summed E-state index contributed by atoms with van der Waals surface area (Å²) in [5.41, 5.74) is 0. The van der Waals surface area contributed by atoms with Crippen LogP contribution in [0.2, 0.25) is 10.0 Å². The first-order chi connectivity index (χ1) is 9.56. The zero-order valence-corrected chi connectivity index (χ0v) is 12.7. The molecule has 1 amide bonds. The first-order valence-corrected chi connectivity index (χ1v) is 7.33. The molecule has 1 aromatic rings. The maximum Gasteiger partial charge on any atom is 0.260 e. The van der Waals surface area contributed by atoms with E-state index in [1.54, 1.807) is 25.1 Å². The lowest BCUT2D eigenvalue weighted by molar-refractivity contribution is -0.127. The Bertz CT molecular complexity index is 475. The van der Waals surface area contributed by atoms with E-state index >= 15 is 0 Å². The molecular formula is C14H17Cl2NO3. The average Bonchev–Trinajstić information content (AvgIpc) is 2.92. The van der Waals surface area contributed by atoms with Gasteiger partial charge in [0.2, 0.25) is 0 Å². The van der Waals surface area contributed by atoms with Crippen molar-refractivity contribution in [2.75, 3.05) is 13.2 Å². The van der Waals surface area contributed by atoms with Crippen LogP contribution in [-0.4, -0.2) is 31.3 Å². The molecule has 1 fully saturated rings. The van der Waals surface area contributed by atoms with Gasteiger partial charge in [-0.25, -0.2) is 0 Å². The number of carbonyl (C=O) groups is 1. The Kier molecular flexibility index (Phi) is 5.52. The van der Waals surface area contributed by atoms with Gasteiger partial charge in [0.05, 0.1) is 11.1 Å². The van der Waals surface area contributed by atoms with Crippen molar-refractivity contribution < 1.29 is 14.3 Å². The van der Waals surface area contributed by atoms with Gasteiger partial charge in [-0.05, 0) is 38.0 Å². The highest BCUT2D eigenvalue weighted by molar-refractivity contribution is 6.35. The number of amides is 1. The van der Waals surface area contributed by atoms with E-state index in [1.165, 1.54) is 0 Å². The first-order valence-electron chi connectivity index (χ1n) is 6.57. The molecule has 1 aliphatic heterocycles. The Morgan fingerprint density at radius 2 is 2.35 bits per heavy atom. The average molecular weight is 318 g/mol. The second kappa shape index (κ2) is 7.16. The van der Waals surface area contributed by atoms with E-state index in [1.807, 2.05) is 0 Å². The van der Waals surface area contributed by atoms with Gasteiger partial charge in [-0.1, -0.05) is 23.2 Å². The fraction of sp³-hybridized carbons (Fsp3) is 0.500. The third kappa shape index (κ3) is 4.27. The topological polar surface area (TPSA) is 47.6 Å². The summed E-state index contributed by atoms with van der Waals surface area (Å²) in [6.45, 7) is 2.96. The van der Waals surface area contributed by atoms with Crippen LogP contribution in [0.4, 0.5) is 0 Å². The highest BCUT2D eigenvalue weighted by Gasteiger charge is 2.20. The molecule has 2 rings (SSSR count). The van der Waals surface area contributed by atoms with Crippen molar-refractivity contribution in [1.29, 1.82) is 0 Å². The van der Waals surface area contributed by atoms with Crippen molar-refractivity contribution in [3.8, 4) is 5.75 Å². The molecule has 0 radical (unpaired) electrons. The highest BCUT2D eigenvalue weighted by Crippen LogP contribution is 2.28. The SMILES string of the molecule is CC(Oc1ccc(Cl)cc1Cl)C(=O)NCC1CCCO1. The monoisotopic (exact) mass is 317 g/mol. The van der Waals surface area contributed by atoms with Crippen LogP contribution >= 0.6 is 23.2 Å². The molecule has 1 aliphatic rings. The standard InChI is InChI=1S/C14H17Cl2NO3/c1-9(14(18)17-8-11-3-2-6-19-11)20-13-5-4-10(15)7-12(13)16/h4-5,7,9,11H,2-3,6,8H2,1H3,(H,17,18). The Balaban J connectivity index is 1.83. The van der Waals surface area contributed by atoms with Gasteiger partial charge in [-0.15, -0.1) is 0 Å². The largest absolute Gasteiger partial charge is 0.479 e. The quantitative estimate of drug-likeness (QED) is 0.908. The van der Waals surface area contributed by atoms with Crippen molar-refractivity contribution in [3.63, 3.8) is 0 Å². The summed E-state index contributed by atoms with van der Waals surface area (Å²) in [5.74, 6) is 0.252. The van der Waals surface area contributed by atoms with Crippen LogP contribution in [0.3, 0.4) is 0 Å². The third-order valence-electron chi connectivity index (χ3n) is 3.09. The number of ether oxygens (including phenoxy) is 2. The predicted molar refractivity (Wildman–Crippen MR) is 78.5 cm³/mol. The predicted octanol–water partition coefficient (Wildman–Crippen LogP) is 3.06. The van der Waals surface area contributed by atoms with E-state index in [4.69, 9.17) is 32.7 Å². The molecule has 0 bridgehead atoms. The summed E-state index contributed by atoms with van der Waals surface area (Å²) in [6, 6.07) is 4.89. The number of hydrogen-bond acceptors (Lipinski definition) is 3. The minimum Gasteiger partial charge on any atom is -0.479 e. The molecule has 20 heavy (non-hydrogen) atoms. The molecule has 1 N–H and O–H groups in total. The third-order valence-corrected chi connectivity index (χ3v) is 3.63. The lowest BCUT2D eigenvalue weighted by atomic mass is 10.2. The number of hydrogen-bond donors (Lipinski definition) is 1. The summed E-state index contributed by atoms with van der Waals surface area (Å²) in [6.07, 6.45) is 1.52. The summed E-state index contributed by atoms with van der Waals surface area (Å²) >= 11 is 11.8. The smallest absolute Gasteiger partial charge is 0.260 e. The minimum atomic E-state index is -0.630. The molecule has 0 aliphatic carbocycles. The fourth-order valence-electron chi connectivity index (χ4n) is 1.98. The van der Waals surface area contributed by atoms with Crippen LogP contribution in [0.1, 0.15) is 19.8 Å². The van der Waals surface area contributed by atoms with Crippen molar-refractivity contribution >= 4 is 29.1 Å². The molecule has 1 heterocycles. The molecule has 2 unspecified atom stereocenters. The van der Waals surface area contributed by atoms with Gasteiger partial charge in [0.15, 0.2) is 6.10 Å². The normalized spacial score (nSPS) is 19.6. The van der Waals surface area contributed by atoms with Gasteiger partial charge in [0.1, 0.15) is 5.75 Å². The number of benzene rings is 1. The van der Waals surface area contributed by atoms with Crippen molar-refractivity contribution in [2.45, 2.75) is 32.0 Å². The molecule has 0 aromatic heterocycles. The van der Waals surface area contributed by atoms with Gasteiger partial charge in [0, 0.05) is 18.2 Å². The summed E-state index contributed by atoms with van der Waals surface area (Å²) in [4.78, 5) is 11.9. The van der Waals surface area contributed by atoms with E-state index in [0.29, 0.717) is 22.3 Å². The Morgan fingerprint density at radius 1 is 1.55 bits per heavy atom. The van der Waals surface area contributed by atoms with Crippen molar-refractivity contribution in [3.05, 3.63) is 28.2 Å². The molecule has 4 nitrogen and oxygen atoms in total. The molecular weight excluding hydrogens is 301 g/mol. The van der Waals surface area contributed by atoms with Crippen molar-refractivity contribution in [2.24, 2.45) is 0 Å². The van der Waals surface area contributed by atoms with Gasteiger partial charge < -0.3 is 14.8 Å². The van der Waals surface area contributed by atoms with E-state index in [2.05, 4.69) is 5.32 Å². The van der Waals surface area contributed by atoms with Gasteiger partial charge >= 0.3 is 0 Å². The van der Waals surface area contributed by atoms with Crippen LogP contribution < -0.4 is 10.1 Å². The number of carbonyl (C=O) groups excluding carboxylic acids is 1. The van der Waals surface area contributed by atoms with Gasteiger partial charge in [-0.2, -0.15) is 0 Å². The number of rotatable bonds is 5. The van der Waals surface area contributed by atoms with Crippen LogP contribution in [0.15, 0.2) is 18.2 Å². The van der Waals surface area contributed by atoms with E-state index in [9.17, 15) is 4.79 Å². The zero-order chi connectivity index (χ0) is 14.5. The highest BCUT2D eigenvalue weighted by atomic mass is 35.5. The molecule has 1 saturated heterocycles. The summed E-state index contributed by atoms with van der Waals surface area (Å²) in [7, 11) is 0. The van der Waals surface area contributed by atoms with Gasteiger partial charge in [0.25, 0.3) is 5.91 Å². The van der Waals surface area contributed by atoms with E-state index in [0.717, 1.165) is 19.4 Å².